The van der Waals surface area contributed by atoms with Crippen LogP contribution in [0.15, 0.2) is 18.2 Å². The highest BCUT2D eigenvalue weighted by Gasteiger charge is 2.13. The van der Waals surface area contributed by atoms with Crippen LogP contribution in [0.1, 0.15) is 25.3 Å². The summed E-state index contributed by atoms with van der Waals surface area (Å²) in [7, 11) is 0. The summed E-state index contributed by atoms with van der Waals surface area (Å²) in [5.74, 6) is 0.728. The zero-order chi connectivity index (χ0) is 14.4. The molecule has 1 N–H and O–H groups in total. The predicted molar refractivity (Wildman–Crippen MR) is 75.3 cm³/mol. The molecule has 0 fully saturated rings. The van der Waals surface area contributed by atoms with E-state index in [0.717, 1.165) is 36.4 Å². The Morgan fingerprint density at radius 2 is 2.05 bits per heavy atom. The third-order valence-electron chi connectivity index (χ3n) is 3.12. The van der Waals surface area contributed by atoms with Crippen molar-refractivity contribution in [1.29, 1.82) is 0 Å². The van der Waals surface area contributed by atoms with Crippen molar-refractivity contribution in [2.24, 2.45) is 0 Å². The van der Waals surface area contributed by atoms with Gasteiger partial charge >= 0.3 is 5.97 Å². The van der Waals surface area contributed by atoms with Crippen molar-refractivity contribution < 1.29 is 19.4 Å². The second-order valence-electron chi connectivity index (χ2n) is 4.94. The molecule has 0 aliphatic carbocycles. The topological polar surface area (TPSA) is 59.0 Å². The van der Waals surface area contributed by atoms with Gasteiger partial charge in [-0.25, -0.2) is 0 Å². The van der Waals surface area contributed by atoms with Gasteiger partial charge in [0.15, 0.2) is 11.5 Å². The highest BCUT2D eigenvalue weighted by Crippen LogP contribution is 2.30. The predicted octanol–water partition coefficient (Wildman–Crippen LogP) is 2.14. The summed E-state index contributed by atoms with van der Waals surface area (Å²) >= 11 is 0. The largest absolute Gasteiger partial charge is 0.490 e. The quantitative estimate of drug-likeness (QED) is 0.864. The number of benzene rings is 1. The molecule has 0 aromatic heterocycles. The van der Waals surface area contributed by atoms with Crippen molar-refractivity contribution >= 4 is 5.97 Å². The number of nitrogens with zero attached hydrogens (tertiary/aromatic N) is 1. The minimum Gasteiger partial charge on any atom is -0.490 e. The molecule has 5 heteroatoms. The molecule has 0 unspecified atom stereocenters. The molecular weight excluding hydrogens is 258 g/mol. The van der Waals surface area contributed by atoms with E-state index in [1.54, 1.807) is 0 Å². The second kappa shape index (κ2) is 7.14. The molecule has 2 rings (SSSR count). The zero-order valence-electron chi connectivity index (χ0n) is 11.8. The summed E-state index contributed by atoms with van der Waals surface area (Å²) in [5.41, 5.74) is 1.05. The second-order valence-corrected chi connectivity index (χ2v) is 4.94. The average Bonchev–Trinajstić information content (AvgIpc) is 2.63. The Morgan fingerprint density at radius 3 is 2.75 bits per heavy atom. The molecule has 110 valence electrons. The van der Waals surface area contributed by atoms with E-state index in [2.05, 4.69) is 0 Å². The number of hydrogen-bond acceptors (Lipinski definition) is 4. The summed E-state index contributed by atoms with van der Waals surface area (Å²) in [4.78, 5) is 12.8. The van der Waals surface area contributed by atoms with Crippen molar-refractivity contribution in [3.63, 3.8) is 0 Å². The monoisotopic (exact) mass is 279 g/mol. The molecule has 1 heterocycles. The van der Waals surface area contributed by atoms with E-state index in [1.807, 2.05) is 30.0 Å². The first kappa shape index (κ1) is 14.7. The molecule has 0 atom stereocenters. The first-order valence-corrected chi connectivity index (χ1v) is 7.01. The van der Waals surface area contributed by atoms with E-state index in [9.17, 15) is 4.79 Å². The minimum absolute atomic E-state index is 0.0578. The maximum absolute atomic E-state index is 10.9. The molecule has 5 nitrogen and oxygen atoms in total. The van der Waals surface area contributed by atoms with Gasteiger partial charge < -0.3 is 14.6 Å². The summed E-state index contributed by atoms with van der Waals surface area (Å²) < 4.78 is 11.2. The lowest BCUT2D eigenvalue weighted by molar-refractivity contribution is -0.138. The van der Waals surface area contributed by atoms with Crippen molar-refractivity contribution in [3.8, 4) is 11.5 Å². The van der Waals surface area contributed by atoms with E-state index >= 15 is 0 Å². The van der Waals surface area contributed by atoms with Gasteiger partial charge in [-0.3, -0.25) is 9.69 Å². The van der Waals surface area contributed by atoms with Crippen LogP contribution in [0.4, 0.5) is 0 Å². The van der Waals surface area contributed by atoms with Gasteiger partial charge in [-0.2, -0.15) is 0 Å². The van der Waals surface area contributed by atoms with Gasteiger partial charge in [0.25, 0.3) is 0 Å². The first-order chi connectivity index (χ1) is 9.69. The average molecular weight is 279 g/mol. The molecule has 20 heavy (non-hydrogen) atoms. The van der Waals surface area contributed by atoms with Crippen LogP contribution in [-0.4, -0.2) is 42.3 Å². The molecule has 0 spiro atoms. The van der Waals surface area contributed by atoms with Gasteiger partial charge in [0, 0.05) is 13.0 Å². The van der Waals surface area contributed by atoms with Crippen molar-refractivity contribution in [1.82, 2.24) is 4.90 Å². The maximum Gasteiger partial charge on any atom is 0.317 e. The van der Waals surface area contributed by atoms with Gasteiger partial charge in [0.1, 0.15) is 0 Å². The Balaban J connectivity index is 2.07. The highest BCUT2D eigenvalue weighted by molar-refractivity contribution is 5.69. The highest BCUT2D eigenvalue weighted by atomic mass is 16.5. The third kappa shape index (κ3) is 4.13. The van der Waals surface area contributed by atoms with Crippen molar-refractivity contribution in [2.45, 2.75) is 26.3 Å². The molecule has 1 aromatic rings. The Morgan fingerprint density at radius 1 is 1.30 bits per heavy atom. The number of hydrogen-bond donors (Lipinski definition) is 1. The Bertz CT molecular complexity index is 461. The van der Waals surface area contributed by atoms with Crippen LogP contribution in [0.3, 0.4) is 0 Å². The number of fused-ring (bicyclic) bond motifs is 1. The van der Waals surface area contributed by atoms with Crippen LogP contribution in [0.5, 0.6) is 11.5 Å². The lowest BCUT2D eigenvalue weighted by atomic mass is 10.2. The molecule has 0 saturated heterocycles. The van der Waals surface area contributed by atoms with Crippen LogP contribution in [-0.2, 0) is 11.3 Å². The number of ether oxygens (including phenoxy) is 2. The van der Waals surface area contributed by atoms with Crippen molar-refractivity contribution in [2.75, 3.05) is 26.3 Å². The van der Waals surface area contributed by atoms with E-state index in [0.29, 0.717) is 19.8 Å². The Hall–Kier alpha value is -1.75. The van der Waals surface area contributed by atoms with Gasteiger partial charge in [-0.05, 0) is 30.7 Å². The van der Waals surface area contributed by atoms with Crippen LogP contribution in [0.25, 0.3) is 0 Å². The Labute approximate surface area is 119 Å². The fourth-order valence-electron chi connectivity index (χ4n) is 2.29. The maximum atomic E-state index is 10.9. The van der Waals surface area contributed by atoms with Crippen LogP contribution in [0.2, 0.25) is 0 Å². The molecule has 1 aliphatic heterocycles. The third-order valence-corrected chi connectivity index (χ3v) is 3.12. The van der Waals surface area contributed by atoms with Gasteiger partial charge in [-0.15, -0.1) is 0 Å². The van der Waals surface area contributed by atoms with E-state index in [4.69, 9.17) is 14.6 Å². The van der Waals surface area contributed by atoms with Crippen LogP contribution >= 0.6 is 0 Å². The zero-order valence-corrected chi connectivity index (χ0v) is 11.8. The fourth-order valence-corrected chi connectivity index (χ4v) is 2.29. The molecule has 0 radical (unpaired) electrons. The van der Waals surface area contributed by atoms with E-state index < -0.39 is 5.97 Å². The lowest BCUT2D eigenvalue weighted by Gasteiger charge is -2.20. The SMILES string of the molecule is CCCN(CC(=O)O)Cc1ccc2c(c1)OCCCO2. The van der Waals surface area contributed by atoms with Gasteiger partial charge in [0.05, 0.1) is 19.8 Å². The number of aliphatic carboxylic acids is 1. The number of carboxylic acids is 1. The molecule has 0 saturated carbocycles. The Kier molecular flexibility index (Phi) is 5.24. The summed E-state index contributed by atoms with van der Waals surface area (Å²) in [6.45, 7) is 4.81. The van der Waals surface area contributed by atoms with E-state index in [1.165, 1.54) is 0 Å². The molecule has 1 aliphatic rings. The van der Waals surface area contributed by atoms with Crippen LogP contribution < -0.4 is 9.47 Å². The number of carboxylic acid groups (broad SMARTS) is 1. The lowest BCUT2D eigenvalue weighted by Crippen LogP contribution is -2.30. The summed E-state index contributed by atoms with van der Waals surface area (Å²) in [6.07, 6.45) is 1.81. The minimum atomic E-state index is -0.798. The normalized spacial score (nSPS) is 14.1. The molecular formula is C15H21NO4. The number of carbonyl (C=O) groups is 1. The smallest absolute Gasteiger partial charge is 0.317 e. The fraction of sp³-hybridized carbons (Fsp3) is 0.533. The number of rotatable bonds is 6. The van der Waals surface area contributed by atoms with Gasteiger partial charge in [0.2, 0.25) is 0 Å². The first-order valence-electron chi connectivity index (χ1n) is 7.01. The molecule has 1 aromatic carbocycles. The van der Waals surface area contributed by atoms with E-state index in [-0.39, 0.29) is 6.54 Å². The van der Waals surface area contributed by atoms with Crippen molar-refractivity contribution in [3.05, 3.63) is 23.8 Å². The molecule has 0 bridgehead atoms. The summed E-state index contributed by atoms with van der Waals surface area (Å²) in [6, 6.07) is 5.82. The van der Waals surface area contributed by atoms with Crippen LogP contribution in [0, 0.1) is 0 Å². The molecule has 0 amide bonds. The standard InChI is InChI=1S/C15H21NO4/c1-2-6-16(11-15(17)18)10-12-4-5-13-14(9-12)20-8-3-7-19-13/h4-5,9H,2-3,6-8,10-11H2,1H3,(H,17,18). The summed E-state index contributed by atoms with van der Waals surface area (Å²) in [5, 5.41) is 8.93. The van der Waals surface area contributed by atoms with Gasteiger partial charge in [-0.1, -0.05) is 13.0 Å².